The quantitative estimate of drug-likeness (QED) is 0.694. The predicted molar refractivity (Wildman–Crippen MR) is 37.5 cm³/mol. The van der Waals surface area contributed by atoms with Crippen LogP contribution in [0.4, 0.5) is 13.2 Å². The van der Waals surface area contributed by atoms with Gasteiger partial charge in [-0.2, -0.15) is 13.2 Å². The van der Waals surface area contributed by atoms with Crippen molar-refractivity contribution in [2.24, 2.45) is 11.8 Å². The van der Waals surface area contributed by atoms with E-state index in [1.807, 2.05) is 0 Å². The first-order chi connectivity index (χ1) is 5.30. The number of aliphatic hydroxyl groups is 2. The zero-order chi connectivity index (χ0) is 9.94. The highest BCUT2D eigenvalue weighted by molar-refractivity contribution is 4.76. The molecule has 5 heteroatoms. The van der Waals surface area contributed by atoms with Crippen LogP contribution in [0.2, 0.25) is 0 Å². The zero-order valence-electron chi connectivity index (χ0n) is 6.97. The molecular weight excluding hydrogens is 173 g/mol. The molecule has 0 aliphatic heterocycles. The normalized spacial score (nSPS) is 18.0. The van der Waals surface area contributed by atoms with Crippen molar-refractivity contribution in [2.75, 3.05) is 6.61 Å². The van der Waals surface area contributed by atoms with Crippen molar-refractivity contribution in [3.63, 3.8) is 0 Å². The van der Waals surface area contributed by atoms with Crippen molar-refractivity contribution in [3.8, 4) is 0 Å². The Morgan fingerprint density at radius 1 is 1.25 bits per heavy atom. The number of alkyl halides is 3. The Morgan fingerprint density at radius 2 is 1.67 bits per heavy atom. The maximum atomic E-state index is 11.9. The van der Waals surface area contributed by atoms with Gasteiger partial charge >= 0.3 is 6.18 Å². The Morgan fingerprint density at radius 3 is 1.75 bits per heavy atom. The fourth-order valence-electron chi connectivity index (χ4n) is 0.918. The van der Waals surface area contributed by atoms with Crippen LogP contribution < -0.4 is 0 Å². The van der Waals surface area contributed by atoms with Crippen LogP contribution in [0.15, 0.2) is 0 Å². The minimum Gasteiger partial charge on any atom is -0.396 e. The Bertz CT molecular complexity index is 133. The third-order valence-corrected chi connectivity index (χ3v) is 1.81. The third kappa shape index (κ3) is 2.98. The smallest absolute Gasteiger partial charge is 0.396 e. The Balaban J connectivity index is 4.32. The average molecular weight is 186 g/mol. The predicted octanol–water partition coefficient (Wildman–Crippen LogP) is 1.17. The van der Waals surface area contributed by atoms with E-state index in [1.54, 1.807) is 0 Å². The summed E-state index contributed by atoms with van der Waals surface area (Å²) in [7, 11) is 0. The fraction of sp³-hybridized carbons (Fsp3) is 1.00. The SMILES string of the molecule is CC(C)[C@@H](CO)[C@H](O)C(F)(F)F. The standard InChI is InChI=1S/C7H13F3O2/c1-4(2)5(3-11)6(12)7(8,9)10/h4-6,11-12H,3H2,1-2H3/t5-,6+/m1/s1. The van der Waals surface area contributed by atoms with E-state index in [9.17, 15) is 13.2 Å². The molecule has 0 fully saturated rings. The van der Waals surface area contributed by atoms with E-state index in [2.05, 4.69) is 0 Å². The van der Waals surface area contributed by atoms with Crippen LogP contribution >= 0.6 is 0 Å². The van der Waals surface area contributed by atoms with Gasteiger partial charge in [0.1, 0.15) is 0 Å². The molecule has 0 unspecified atom stereocenters. The summed E-state index contributed by atoms with van der Waals surface area (Å²) in [5.74, 6) is -1.53. The lowest BCUT2D eigenvalue weighted by Gasteiger charge is -2.25. The van der Waals surface area contributed by atoms with Gasteiger partial charge in [-0.25, -0.2) is 0 Å². The molecule has 0 heterocycles. The van der Waals surface area contributed by atoms with E-state index in [-0.39, 0.29) is 0 Å². The van der Waals surface area contributed by atoms with Gasteiger partial charge in [0.25, 0.3) is 0 Å². The number of aliphatic hydroxyl groups excluding tert-OH is 2. The topological polar surface area (TPSA) is 40.5 Å². The molecular formula is C7H13F3O2. The number of hydrogen-bond acceptors (Lipinski definition) is 2. The van der Waals surface area contributed by atoms with E-state index in [0.29, 0.717) is 0 Å². The van der Waals surface area contributed by atoms with Gasteiger partial charge in [-0.1, -0.05) is 13.8 Å². The van der Waals surface area contributed by atoms with Crippen molar-refractivity contribution in [3.05, 3.63) is 0 Å². The summed E-state index contributed by atoms with van der Waals surface area (Å²) < 4.78 is 35.7. The molecule has 0 aromatic rings. The molecule has 2 atom stereocenters. The first-order valence-corrected chi connectivity index (χ1v) is 3.66. The van der Waals surface area contributed by atoms with Gasteiger partial charge in [-0.05, 0) is 5.92 Å². The lowest BCUT2D eigenvalue weighted by molar-refractivity contribution is -0.227. The van der Waals surface area contributed by atoms with E-state index in [0.717, 1.165) is 0 Å². The van der Waals surface area contributed by atoms with Crippen molar-refractivity contribution in [2.45, 2.75) is 26.1 Å². The van der Waals surface area contributed by atoms with Crippen molar-refractivity contribution >= 4 is 0 Å². The van der Waals surface area contributed by atoms with Crippen LogP contribution in [-0.2, 0) is 0 Å². The minimum atomic E-state index is -4.64. The molecule has 0 bridgehead atoms. The Hall–Kier alpha value is -0.290. The highest BCUT2D eigenvalue weighted by atomic mass is 19.4. The van der Waals surface area contributed by atoms with Crippen LogP contribution in [0.1, 0.15) is 13.8 Å². The maximum absolute atomic E-state index is 11.9. The molecule has 0 saturated carbocycles. The van der Waals surface area contributed by atoms with Gasteiger partial charge in [-0.3, -0.25) is 0 Å². The second-order valence-corrected chi connectivity index (χ2v) is 3.08. The first kappa shape index (κ1) is 11.7. The van der Waals surface area contributed by atoms with Crippen LogP contribution in [-0.4, -0.2) is 29.1 Å². The molecule has 0 spiro atoms. The highest BCUT2D eigenvalue weighted by Gasteiger charge is 2.44. The van der Waals surface area contributed by atoms with Gasteiger partial charge in [0.2, 0.25) is 0 Å². The summed E-state index contributed by atoms with van der Waals surface area (Å²) >= 11 is 0. The first-order valence-electron chi connectivity index (χ1n) is 3.66. The zero-order valence-corrected chi connectivity index (χ0v) is 6.97. The van der Waals surface area contributed by atoms with E-state index < -0.39 is 30.7 Å². The fourth-order valence-corrected chi connectivity index (χ4v) is 0.918. The molecule has 12 heavy (non-hydrogen) atoms. The molecule has 0 aromatic heterocycles. The van der Waals surface area contributed by atoms with Crippen molar-refractivity contribution in [1.29, 1.82) is 0 Å². The number of halogens is 3. The monoisotopic (exact) mass is 186 g/mol. The van der Waals surface area contributed by atoms with Gasteiger partial charge in [0, 0.05) is 12.5 Å². The van der Waals surface area contributed by atoms with E-state index in [4.69, 9.17) is 10.2 Å². The summed E-state index contributed by atoms with van der Waals surface area (Å²) in [6.07, 6.45) is -7.07. The van der Waals surface area contributed by atoms with Crippen LogP contribution in [0.5, 0.6) is 0 Å². The van der Waals surface area contributed by atoms with Crippen LogP contribution in [0, 0.1) is 11.8 Å². The van der Waals surface area contributed by atoms with Gasteiger partial charge in [0.15, 0.2) is 6.10 Å². The van der Waals surface area contributed by atoms with Crippen molar-refractivity contribution in [1.82, 2.24) is 0 Å². The number of rotatable bonds is 3. The maximum Gasteiger partial charge on any atom is 0.414 e. The summed E-state index contributed by atoms with van der Waals surface area (Å²) in [6.45, 7) is 2.39. The van der Waals surface area contributed by atoms with Crippen LogP contribution in [0.25, 0.3) is 0 Å². The Labute approximate surface area is 69.0 Å². The summed E-state index contributed by atoms with van der Waals surface area (Å²) in [5, 5.41) is 17.3. The third-order valence-electron chi connectivity index (χ3n) is 1.81. The van der Waals surface area contributed by atoms with E-state index in [1.165, 1.54) is 13.8 Å². The lowest BCUT2D eigenvalue weighted by atomic mass is 9.91. The molecule has 0 aliphatic carbocycles. The molecule has 0 aliphatic rings. The average Bonchev–Trinajstić information content (AvgIpc) is 1.86. The summed E-state index contributed by atoms with van der Waals surface area (Å²) in [5.41, 5.74) is 0. The minimum absolute atomic E-state index is 0.397. The largest absolute Gasteiger partial charge is 0.414 e. The van der Waals surface area contributed by atoms with Gasteiger partial charge in [-0.15, -0.1) is 0 Å². The molecule has 0 saturated heterocycles. The molecule has 0 aromatic carbocycles. The molecule has 74 valence electrons. The second kappa shape index (κ2) is 4.09. The second-order valence-electron chi connectivity index (χ2n) is 3.08. The van der Waals surface area contributed by atoms with E-state index >= 15 is 0 Å². The number of hydrogen-bond donors (Lipinski definition) is 2. The lowest BCUT2D eigenvalue weighted by Crippen LogP contribution is -2.40. The molecule has 2 N–H and O–H groups in total. The summed E-state index contributed by atoms with van der Waals surface area (Å²) in [6, 6.07) is 0. The molecule has 0 rings (SSSR count). The molecule has 2 nitrogen and oxygen atoms in total. The molecule has 0 amide bonds. The van der Waals surface area contributed by atoms with Gasteiger partial charge in [0.05, 0.1) is 0 Å². The van der Waals surface area contributed by atoms with Crippen molar-refractivity contribution < 1.29 is 23.4 Å². The Kier molecular flexibility index (Phi) is 3.99. The highest BCUT2D eigenvalue weighted by Crippen LogP contribution is 2.29. The summed E-state index contributed by atoms with van der Waals surface area (Å²) in [4.78, 5) is 0. The van der Waals surface area contributed by atoms with Gasteiger partial charge < -0.3 is 10.2 Å². The molecule has 0 radical (unpaired) electrons. The van der Waals surface area contributed by atoms with Crippen LogP contribution in [0.3, 0.4) is 0 Å².